The Balaban J connectivity index is 1.77. The first kappa shape index (κ1) is 9.22. The number of nitrogens with one attached hydrogen (secondary N) is 1. The van der Waals surface area contributed by atoms with E-state index in [-0.39, 0.29) is 0 Å². The summed E-state index contributed by atoms with van der Waals surface area (Å²) in [6.07, 6.45) is 5.56. The molecule has 80 valence electrons. The summed E-state index contributed by atoms with van der Waals surface area (Å²) in [5, 5.41) is 3.22. The average Bonchev–Trinajstić information content (AvgIpc) is 2.23. The molecule has 3 rings (SSSR count). The molecule has 0 aromatic heterocycles. The van der Waals surface area contributed by atoms with Crippen molar-refractivity contribution in [1.29, 1.82) is 0 Å². The molecule has 1 aliphatic heterocycles. The number of ether oxygens (including phenoxy) is 1. The number of benzene rings is 1. The fourth-order valence-corrected chi connectivity index (χ4v) is 2.32. The third-order valence-electron chi connectivity index (χ3n) is 3.37. The van der Waals surface area contributed by atoms with Gasteiger partial charge in [0.15, 0.2) is 0 Å². The zero-order chi connectivity index (χ0) is 10.1. The first-order valence-electron chi connectivity index (χ1n) is 5.91. The van der Waals surface area contributed by atoms with Crippen molar-refractivity contribution in [2.45, 2.75) is 31.8 Å². The van der Waals surface area contributed by atoms with Gasteiger partial charge in [-0.15, -0.1) is 0 Å². The minimum Gasteiger partial charge on any atom is -0.488 e. The molecule has 0 radical (unpaired) electrons. The van der Waals surface area contributed by atoms with Gasteiger partial charge in [-0.25, -0.2) is 0 Å². The zero-order valence-corrected chi connectivity index (χ0v) is 8.96. The lowest BCUT2D eigenvalue weighted by Crippen LogP contribution is -2.50. The molecule has 0 saturated carbocycles. The van der Waals surface area contributed by atoms with E-state index in [0.717, 1.165) is 18.8 Å². The Labute approximate surface area is 90.6 Å². The summed E-state index contributed by atoms with van der Waals surface area (Å²) in [5.74, 6) is 1.06. The highest BCUT2D eigenvalue weighted by molar-refractivity contribution is 5.37. The Morgan fingerprint density at radius 1 is 1.07 bits per heavy atom. The lowest BCUT2D eigenvalue weighted by molar-refractivity contribution is 0.142. The van der Waals surface area contributed by atoms with Crippen molar-refractivity contribution in [3.05, 3.63) is 29.3 Å². The zero-order valence-electron chi connectivity index (χ0n) is 8.96. The van der Waals surface area contributed by atoms with Gasteiger partial charge in [0, 0.05) is 13.1 Å². The van der Waals surface area contributed by atoms with Gasteiger partial charge in [-0.2, -0.15) is 0 Å². The number of hydrogen-bond donors (Lipinski definition) is 1. The average molecular weight is 203 g/mol. The number of aryl methyl sites for hydroxylation is 2. The van der Waals surface area contributed by atoms with Gasteiger partial charge in [0.25, 0.3) is 0 Å². The monoisotopic (exact) mass is 203 g/mol. The van der Waals surface area contributed by atoms with E-state index in [2.05, 4.69) is 23.5 Å². The van der Waals surface area contributed by atoms with Crippen molar-refractivity contribution < 1.29 is 4.74 Å². The smallest absolute Gasteiger partial charge is 0.123 e. The molecule has 1 heterocycles. The number of hydrogen-bond acceptors (Lipinski definition) is 2. The molecule has 1 saturated heterocycles. The minimum absolute atomic E-state index is 0.395. The van der Waals surface area contributed by atoms with Gasteiger partial charge in [-0.1, -0.05) is 6.07 Å². The predicted molar refractivity (Wildman–Crippen MR) is 60.4 cm³/mol. The van der Waals surface area contributed by atoms with E-state index in [1.165, 1.54) is 36.8 Å². The van der Waals surface area contributed by atoms with Crippen LogP contribution >= 0.6 is 0 Å². The molecule has 0 unspecified atom stereocenters. The molecule has 2 nitrogen and oxygen atoms in total. The van der Waals surface area contributed by atoms with Crippen molar-refractivity contribution in [3.8, 4) is 5.75 Å². The van der Waals surface area contributed by atoms with Crippen LogP contribution in [-0.2, 0) is 12.8 Å². The third kappa shape index (κ3) is 1.86. The Hall–Kier alpha value is -1.02. The summed E-state index contributed by atoms with van der Waals surface area (Å²) in [7, 11) is 0. The van der Waals surface area contributed by atoms with Gasteiger partial charge in [0.2, 0.25) is 0 Å². The van der Waals surface area contributed by atoms with Gasteiger partial charge < -0.3 is 10.1 Å². The van der Waals surface area contributed by atoms with Gasteiger partial charge in [-0.05, 0) is 48.9 Å². The fourth-order valence-electron chi connectivity index (χ4n) is 2.32. The van der Waals surface area contributed by atoms with E-state index in [0.29, 0.717) is 6.10 Å². The van der Waals surface area contributed by atoms with Crippen LogP contribution in [0.25, 0.3) is 0 Å². The molecule has 1 N–H and O–H groups in total. The predicted octanol–water partition coefficient (Wildman–Crippen LogP) is 1.92. The highest BCUT2D eigenvalue weighted by Crippen LogP contribution is 2.26. The van der Waals surface area contributed by atoms with Crippen molar-refractivity contribution in [1.82, 2.24) is 5.32 Å². The molecule has 0 bridgehead atoms. The normalized spacial score (nSPS) is 20.5. The van der Waals surface area contributed by atoms with E-state index in [9.17, 15) is 0 Å². The van der Waals surface area contributed by atoms with Crippen molar-refractivity contribution >= 4 is 0 Å². The second-order valence-corrected chi connectivity index (χ2v) is 4.54. The molecule has 15 heavy (non-hydrogen) atoms. The summed E-state index contributed by atoms with van der Waals surface area (Å²) in [6, 6.07) is 6.62. The first-order chi connectivity index (χ1) is 7.42. The Morgan fingerprint density at radius 2 is 1.87 bits per heavy atom. The molecule has 1 aromatic rings. The van der Waals surface area contributed by atoms with Crippen LogP contribution in [0.3, 0.4) is 0 Å². The molecule has 0 spiro atoms. The summed E-state index contributed by atoms with van der Waals surface area (Å²) in [5.41, 5.74) is 3.03. The van der Waals surface area contributed by atoms with E-state index in [1.807, 2.05) is 0 Å². The largest absolute Gasteiger partial charge is 0.488 e. The van der Waals surface area contributed by atoms with Crippen LogP contribution in [0.5, 0.6) is 5.75 Å². The Bertz CT molecular complexity index is 358. The highest BCUT2D eigenvalue weighted by Gasteiger charge is 2.19. The topological polar surface area (TPSA) is 21.3 Å². The molecule has 2 heteroatoms. The number of rotatable bonds is 2. The molecular weight excluding hydrogens is 186 g/mol. The first-order valence-corrected chi connectivity index (χ1v) is 5.91. The highest BCUT2D eigenvalue weighted by atomic mass is 16.5. The second-order valence-electron chi connectivity index (χ2n) is 4.54. The molecule has 1 fully saturated rings. The molecular formula is C13H17NO. The van der Waals surface area contributed by atoms with E-state index in [4.69, 9.17) is 4.74 Å². The Kier molecular flexibility index (Phi) is 2.37. The molecule has 2 aliphatic rings. The van der Waals surface area contributed by atoms with Gasteiger partial charge in [-0.3, -0.25) is 0 Å². The van der Waals surface area contributed by atoms with Crippen LogP contribution in [0.2, 0.25) is 0 Å². The minimum atomic E-state index is 0.395. The lowest BCUT2D eigenvalue weighted by atomic mass is 9.92. The second kappa shape index (κ2) is 3.86. The summed E-state index contributed by atoms with van der Waals surface area (Å²) in [6.45, 7) is 1.99. The standard InChI is InChI=1S/C13H17NO/c1-2-4-11-7-12(6-5-10(11)3-1)15-13-8-14-9-13/h5-7,13-14H,1-4,8-9H2. The van der Waals surface area contributed by atoms with Crippen LogP contribution in [0.15, 0.2) is 18.2 Å². The fraction of sp³-hybridized carbons (Fsp3) is 0.538. The summed E-state index contributed by atoms with van der Waals surface area (Å²) < 4.78 is 5.85. The van der Waals surface area contributed by atoms with Gasteiger partial charge >= 0.3 is 0 Å². The quantitative estimate of drug-likeness (QED) is 0.793. The Morgan fingerprint density at radius 3 is 2.60 bits per heavy atom. The van der Waals surface area contributed by atoms with Crippen LogP contribution in [0.4, 0.5) is 0 Å². The summed E-state index contributed by atoms with van der Waals surface area (Å²) in [4.78, 5) is 0. The SMILES string of the molecule is c1cc2c(cc1OC1CNC1)CCCC2. The van der Waals surface area contributed by atoms with Crippen LogP contribution < -0.4 is 10.1 Å². The molecule has 0 atom stereocenters. The molecule has 0 amide bonds. The summed E-state index contributed by atoms with van der Waals surface area (Å²) >= 11 is 0. The maximum absolute atomic E-state index is 5.85. The van der Waals surface area contributed by atoms with Crippen molar-refractivity contribution in [2.75, 3.05) is 13.1 Å². The van der Waals surface area contributed by atoms with E-state index in [1.54, 1.807) is 0 Å². The van der Waals surface area contributed by atoms with Crippen LogP contribution in [-0.4, -0.2) is 19.2 Å². The maximum Gasteiger partial charge on any atom is 0.123 e. The van der Waals surface area contributed by atoms with Crippen molar-refractivity contribution in [2.24, 2.45) is 0 Å². The molecule has 1 aromatic carbocycles. The molecule has 1 aliphatic carbocycles. The van der Waals surface area contributed by atoms with Crippen molar-refractivity contribution in [3.63, 3.8) is 0 Å². The van der Waals surface area contributed by atoms with E-state index >= 15 is 0 Å². The van der Waals surface area contributed by atoms with Crippen LogP contribution in [0.1, 0.15) is 24.0 Å². The van der Waals surface area contributed by atoms with E-state index < -0.39 is 0 Å². The van der Waals surface area contributed by atoms with Gasteiger partial charge in [0.05, 0.1) is 0 Å². The van der Waals surface area contributed by atoms with Gasteiger partial charge in [0.1, 0.15) is 11.9 Å². The maximum atomic E-state index is 5.85. The third-order valence-corrected chi connectivity index (χ3v) is 3.37. The number of fused-ring (bicyclic) bond motifs is 1. The lowest BCUT2D eigenvalue weighted by Gasteiger charge is -2.28. The van der Waals surface area contributed by atoms with Crippen LogP contribution in [0, 0.1) is 0 Å².